The van der Waals surface area contributed by atoms with Gasteiger partial charge in [-0.25, -0.2) is 0 Å². The Morgan fingerprint density at radius 3 is 2.77 bits per heavy atom. The summed E-state index contributed by atoms with van der Waals surface area (Å²) in [6.07, 6.45) is 2.55. The number of nitro benzene ring substituents is 1. The number of nitrogens with zero attached hydrogens (tertiary/aromatic N) is 2. The summed E-state index contributed by atoms with van der Waals surface area (Å²) in [7, 11) is 1.68. The summed E-state index contributed by atoms with van der Waals surface area (Å²) in [5.41, 5.74) is 2.04. The number of fused-ring (bicyclic) bond motifs is 1. The molecule has 1 heterocycles. The topological polar surface area (TPSA) is 64.8 Å². The summed E-state index contributed by atoms with van der Waals surface area (Å²) in [6.45, 7) is 3.29. The first kappa shape index (κ1) is 15.4. The standard InChI is InChI=1S/C16H22N2O4/c1-21-16-6-5-12(17-7-9-22-10-8-17)11-14-13(16)3-2-4-15(14)18(19)20/h2-4,12,16H,5-11H2,1H3. The largest absolute Gasteiger partial charge is 0.379 e. The Kier molecular flexibility index (Phi) is 4.71. The van der Waals surface area contributed by atoms with Crippen molar-refractivity contribution in [3.8, 4) is 0 Å². The molecule has 6 heteroatoms. The Hall–Kier alpha value is -1.50. The minimum Gasteiger partial charge on any atom is -0.379 e. The zero-order valence-corrected chi connectivity index (χ0v) is 12.9. The zero-order chi connectivity index (χ0) is 15.5. The number of rotatable bonds is 3. The molecule has 3 rings (SSSR count). The van der Waals surface area contributed by atoms with E-state index in [1.165, 1.54) is 0 Å². The summed E-state index contributed by atoms with van der Waals surface area (Å²) >= 11 is 0. The number of ether oxygens (including phenoxy) is 2. The van der Waals surface area contributed by atoms with E-state index in [1.807, 2.05) is 6.07 Å². The second-order valence-corrected chi connectivity index (χ2v) is 5.91. The van der Waals surface area contributed by atoms with Crippen LogP contribution < -0.4 is 0 Å². The Balaban J connectivity index is 1.94. The Morgan fingerprint density at radius 1 is 1.32 bits per heavy atom. The van der Waals surface area contributed by atoms with Gasteiger partial charge in [0.1, 0.15) is 0 Å². The van der Waals surface area contributed by atoms with Crippen LogP contribution in [0.25, 0.3) is 0 Å². The maximum Gasteiger partial charge on any atom is 0.273 e. The van der Waals surface area contributed by atoms with Crippen LogP contribution in [0.4, 0.5) is 5.69 Å². The molecule has 0 spiro atoms. The lowest BCUT2D eigenvalue weighted by Crippen LogP contribution is -2.44. The second kappa shape index (κ2) is 6.73. The molecule has 0 saturated carbocycles. The van der Waals surface area contributed by atoms with Crippen LogP contribution in [0.15, 0.2) is 18.2 Å². The van der Waals surface area contributed by atoms with Crippen molar-refractivity contribution in [1.29, 1.82) is 0 Å². The average Bonchev–Trinajstić information content (AvgIpc) is 2.74. The van der Waals surface area contributed by atoms with Crippen LogP contribution >= 0.6 is 0 Å². The van der Waals surface area contributed by atoms with Crippen molar-refractivity contribution in [1.82, 2.24) is 4.90 Å². The summed E-state index contributed by atoms with van der Waals surface area (Å²) < 4.78 is 11.0. The van der Waals surface area contributed by atoms with Gasteiger partial charge in [0.2, 0.25) is 0 Å². The van der Waals surface area contributed by atoms with Gasteiger partial charge < -0.3 is 9.47 Å². The first-order valence-electron chi connectivity index (χ1n) is 7.81. The van der Waals surface area contributed by atoms with Crippen molar-refractivity contribution in [2.45, 2.75) is 31.4 Å². The third-order valence-corrected chi connectivity index (χ3v) is 4.78. The number of nitro groups is 1. The van der Waals surface area contributed by atoms with E-state index in [-0.39, 0.29) is 16.7 Å². The molecule has 120 valence electrons. The quantitative estimate of drug-likeness (QED) is 0.487. The lowest BCUT2D eigenvalue weighted by molar-refractivity contribution is -0.385. The summed E-state index contributed by atoms with van der Waals surface area (Å²) in [6, 6.07) is 5.66. The smallest absolute Gasteiger partial charge is 0.273 e. The first-order valence-corrected chi connectivity index (χ1v) is 7.81. The second-order valence-electron chi connectivity index (χ2n) is 5.91. The Labute approximate surface area is 130 Å². The van der Waals surface area contributed by atoms with Gasteiger partial charge in [-0.1, -0.05) is 12.1 Å². The third kappa shape index (κ3) is 2.99. The number of morpholine rings is 1. The monoisotopic (exact) mass is 306 g/mol. The van der Waals surface area contributed by atoms with Crippen LogP contribution in [0, 0.1) is 10.1 Å². The molecular formula is C16H22N2O4. The van der Waals surface area contributed by atoms with Crippen molar-refractivity contribution in [3.05, 3.63) is 39.4 Å². The molecule has 1 aliphatic carbocycles. The van der Waals surface area contributed by atoms with Crippen LogP contribution in [0.3, 0.4) is 0 Å². The molecule has 1 fully saturated rings. The van der Waals surface area contributed by atoms with Crippen LogP contribution in [0.2, 0.25) is 0 Å². The van der Waals surface area contributed by atoms with E-state index in [2.05, 4.69) is 4.90 Å². The molecule has 1 aliphatic heterocycles. The van der Waals surface area contributed by atoms with Crippen molar-refractivity contribution in [2.24, 2.45) is 0 Å². The number of hydrogen-bond donors (Lipinski definition) is 0. The molecule has 0 radical (unpaired) electrons. The number of benzene rings is 1. The van der Waals surface area contributed by atoms with Crippen LogP contribution in [-0.4, -0.2) is 49.3 Å². The highest BCUT2D eigenvalue weighted by Gasteiger charge is 2.32. The highest BCUT2D eigenvalue weighted by atomic mass is 16.6. The number of methoxy groups -OCH3 is 1. The van der Waals surface area contributed by atoms with Crippen molar-refractivity contribution in [3.63, 3.8) is 0 Å². The molecule has 1 aromatic rings. The Morgan fingerprint density at radius 2 is 2.09 bits per heavy atom. The van der Waals surface area contributed by atoms with E-state index >= 15 is 0 Å². The molecule has 2 unspecified atom stereocenters. The molecular weight excluding hydrogens is 284 g/mol. The minimum absolute atomic E-state index is 0.0547. The number of hydrogen-bond acceptors (Lipinski definition) is 5. The summed E-state index contributed by atoms with van der Waals surface area (Å²) in [5, 5.41) is 11.4. The van der Waals surface area contributed by atoms with Gasteiger partial charge in [0.15, 0.2) is 0 Å². The lowest BCUT2D eigenvalue weighted by atomic mass is 9.98. The van der Waals surface area contributed by atoms with E-state index in [4.69, 9.17) is 9.47 Å². The van der Waals surface area contributed by atoms with E-state index in [9.17, 15) is 10.1 Å². The van der Waals surface area contributed by atoms with Gasteiger partial charge >= 0.3 is 0 Å². The third-order valence-electron chi connectivity index (χ3n) is 4.78. The molecule has 0 N–H and O–H groups in total. The van der Waals surface area contributed by atoms with Crippen molar-refractivity contribution < 1.29 is 14.4 Å². The highest BCUT2D eigenvalue weighted by Crippen LogP contribution is 2.37. The maximum atomic E-state index is 11.4. The maximum absolute atomic E-state index is 11.4. The summed E-state index contributed by atoms with van der Waals surface area (Å²) in [4.78, 5) is 13.5. The zero-order valence-electron chi connectivity index (χ0n) is 12.9. The predicted octanol–water partition coefficient (Wildman–Crippen LogP) is 2.32. The fourth-order valence-electron chi connectivity index (χ4n) is 3.62. The van der Waals surface area contributed by atoms with E-state index < -0.39 is 0 Å². The lowest BCUT2D eigenvalue weighted by Gasteiger charge is -2.34. The van der Waals surface area contributed by atoms with Crippen molar-refractivity contribution >= 4 is 5.69 Å². The molecule has 1 saturated heterocycles. The molecule has 2 atom stereocenters. The van der Waals surface area contributed by atoms with E-state index in [0.717, 1.165) is 50.3 Å². The normalized spacial score (nSPS) is 26.2. The first-order chi connectivity index (χ1) is 10.7. The Bertz CT molecular complexity index is 543. The van der Waals surface area contributed by atoms with Gasteiger partial charge in [0, 0.05) is 37.9 Å². The van der Waals surface area contributed by atoms with Crippen LogP contribution in [0.1, 0.15) is 30.1 Å². The summed E-state index contributed by atoms with van der Waals surface area (Å²) in [5.74, 6) is 0. The molecule has 22 heavy (non-hydrogen) atoms. The molecule has 0 bridgehead atoms. The molecule has 1 aromatic carbocycles. The van der Waals surface area contributed by atoms with Gasteiger partial charge in [-0.15, -0.1) is 0 Å². The van der Waals surface area contributed by atoms with Gasteiger partial charge in [0.25, 0.3) is 5.69 Å². The van der Waals surface area contributed by atoms with Crippen molar-refractivity contribution in [2.75, 3.05) is 33.4 Å². The predicted molar refractivity (Wildman–Crippen MR) is 82.0 cm³/mol. The van der Waals surface area contributed by atoms with Gasteiger partial charge in [0.05, 0.1) is 24.2 Å². The molecule has 2 aliphatic rings. The van der Waals surface area contributed by atoms with E-state index in [1.54, 1.807) is 19.2 Å². The van der Waals surface area contributed by atoms with Crippen LogP contribution in [-0.2, 0) is 15.9 Å². The van der Waals surface area contributed by atoms with E-state index in [0.29, 0.717) is 12.5 Å². The molecule has 0 amide bonds. The fourth-order valence-corrected chi connectivity index (χ4v) is 3.62. The van der Waals surface area contributed by atoms with Gasteiger partial charge in [-0.2, -0.15) is 0 Å². The average molecular weight is 306 g/mol. The molecule has 0 aromatic heterocycles. The highest BCUT2D eigenvalue weighted by molar-refractivity contribution is 5.47. The fraction of sp³-hybridized carbons (Fsp3) is 0.625. The van der Waals surface area contributed by atoms with Gasteiger partial charge in [-0.3, -0.25) is 15.0 Å². The molecule has 6 nitrogen and oxygen atoms in total. The minimum atomic E-state index is -0.271. The van der Waals surface area contributed by atoms with Crippen LogP contribution in [0.5, 0.6) is 0 Å². The van der Waals surface area contributed by atoms with Gasteiger partial charge in [-0.05, 0) is 24.8 Å². The SMILES string of the molecule is COC1CCC(N2CCOCC2)Cc2c1cccc2[N+](=O)[O-].